The number of aromatic nitrogens is 2. The number of nitrogens with zero attached hydrogens (tertiary/aromatic N) is 2. The molecule has 0 atom stereocenters. The minimum absolute atomic E-state index is 0.374. The lowest BCUT2D eigenvalue weighted by atomic mass is 9.89. The van der Waals surface area contributed by atoms with Crippen molar-refractivity contribution in [2.75, 3.05) is 11.9 Å². The van der Waals surface area contributed by atoms with Gasteiger partial charge in [-0.3, -0.25) is 0 Å². The Morgan fingerprint density at radius 1 is 1.24 bits per heavy atom. The number of benzene rings is 1. The van der Waals surface area contributed by atoms with E-state index in [0.717, 1.165) is 30.8 Å². The van der Waals surface area contributed by atoms with E-state index in [-0.39, 0.29) is 0 Å². The Morgan fingerprint density at radius 2 is 2.00 bits per heavy atom. The van der Waals surface area contributed by atoms with E-state index in [1.807, 2.05) is 37.3 Å². The number of halogens is 1. The van der Waals surface area contributed by atoms with Crippen LogP contribution in [0, 0.1) is 0 Å². The molecule has 0 radical (unpaired) electrons. The lowest BCUT2D eigenvalue weighted by Gasteiger charge is -2.35. The lowest BCUT2D eigenvalue weighted by molar-refractivity contribution is 0.00293. The summed E-state index contributed by atoms with van der Waals surface area (Å²) in [7, 11) is 0. The first-order valence-corrected chi connectivity index (χ1v) is 7.60. The molecule has 21 heavy (non-hydrogen) atoms. The van der Waals surface area contributed by atoms with Crippen molar-refractivity contribution in [3.63, 3.8) is 0 Å². The number of hydrogen-bond donors (Lipinski definition) is 1. The minimum atomic E-state index is 0.374. The van der Waals surface area contributed by atoms with E-state index in [2.05, 4.69) is 15.3 Å². The predicted octanol–water partition coefficient (Wildman–Crippen LogP) is 3.78. The molecule has 3 rings (SSSR count). The topological polar surface area (TPSA) is 47.0 Å². The zero-order valence-electron chi connectivity index (χ0n) is 11.9. The van der Waals surface area contributed by atoms with Gasteiger partial charge in [0.05, 0.1) is 6.10 Å². The summed E-state index contributed by atoms with van der Waals surface area (Å²) in [5.74, 6) is 1.42. The molecule has 1 aliphatic rings. The van der Waals surface area contributed by atoms with Crippen molar-refractivity contribution < 1.29 is 4.74 Å². The van der Waals surface area contributed by atoms with Crippen molar-refractivity contribution in [2.24, 2.45) is 0 Å². The van der Waals surface area contributed by atoms with Crippen molar-refractivity contribution in [3.05, 3.63) is 41.6 Å². The Bertz CT molecular complexity index is 600. The molecule has 2 aromatic rings. The zero-order chi connectivity index (χ0) is 14.7. The van der Waals surface area contributed by atoms with Gasteiger partial charge in [0.2, 0.25) is 0 Å². The molecule has 0 saturated heterocycles. The molecule has 1 saturated carbocycles. The van der Waals surface area contributed by atoms with Gasteiger partial charge in [0.15, 0.2) is 5.82 Å². The maximum absolute atomic E-state index is 6.11. The summed E-state index contributed by atoms with van der Waals surface area (Å²) in [5.41, 5.74) is 0.962. The maximum Gasteiger partial charge on any atom is 0.163 e. The lowest BCUT2D eigenvalue weighted by Crippen LogP contribution is -2.41. The second-order valence-electron chi connectivity index (χ2n) is 5.16. The number of ether oxygens (including phenoxy) is 1. The Kier molecular flexibility index (Phi) is 4.36. The van der Waals surface area contributed by atoms with Crippen LogP contribution in [-0.2, 0) is 4.74 Å². The second kappa shape index (κ2) is 6.41. The Morgan fingerprint density at radius 3 is 2.71 bits per heavy atom. The van der Waals surface area contributed by atoms with Crippen molar-refractivity contribution in [1.82, 2.24) is 9.97 Å². The summed E-state index contributed by atoms with van der Waals surface area (Å²) in [5, 5.41) is 3.85. The number of nitrogens with one attached hydrogen (secondary N) is 1. The molecule has 5 heteroatoms. The van der Waals surface area contributed by atoms with Crippen LogP contribution in [0.1, 0.15) is 19.8 Å². The van der Waals surface area contributed by atoms with E-state index in [9.17, 15) is 0 Å². The summed E-state index contributed by atoms with van der Waals surface area (Å²) < 4.78 is 5.56. The van der Waals surface area contributed by atoms with E-state index in [0.29, 0.717) is 23.1 Å². The highest BCUT2D eigenvalue weighted by Gasteiger charge is 2.29. The molecule has 1 aromatic heterocycles. The molecule has 1 N–H and O–H groups in total. The van der Waals surface area contributed by atoms with Crippen molar-refractivity contribution >= 4 is 17.4 Å². The largest absolute Gasteiger partial charge is 0.378 e. The number of hydrogen-bond acceptors (Lipinski definition) is 4. The predicted molar refractivity (Wildman–Crippen MR) is 84.5 cm³/mol. The fraction of sp³-hybridized carbons (Fsp3) is 0.375. The van der Waals surface area contributed by atoms with Crippen LogP contribution in [0.3, 0.4) is 0 Å². The van der Waals surface area contributed by atoms with Gasteiger partial charge >= 0.3 is 0 Å². The summed E-state index contributed by atoms with van der Waals surface area (Å²) in [6, 6.07) is 12.0. The van der Waals surface area contributed by atoms with Crippen LogP contribution in [0.25, 0.3) is 11.4 Å². The molecular formula is C16H18ClN3O. The van der Waals surface area contributed by atoms with Gasteiger partial charge in [-0.25, -0.2) is 9.97 Å². The van der Waals surface area contributed by atoms with Crippen LogP contribution in [0.4, 0.5) is 5.82 Å². The van der Waals surface area contributed by atoms with Gasteiger partial charge in [-0.05, 0) is 19.8 Å². The molecule has 0 bridgehead atoms. The fourth-order valence-electron chi connectivity index (χ4n) is 2.47. The molecule has 1 aliphatic carbocycles. The van der Waals surface area contributed by atoms with Crippen molar-refractivity contribution in [3.8, 4) is 11.4 Å². The maximum atomic E-state index is 6.11. The third-order valence-corrected chi connectivity index (χ3v) is 3.77. The van der Waals surface area contributed by atoms with E-state index in [1.165, 1.54) is 0 Å². The van der Waals surface area contributed by atoms with Crippen LogP contribution in [-0.4, -0.2) is 28.7 Å². The molecule has 0 spiro atoms. The van der Waals surface area contributed by atoms with Gasteiger partial charge in [0.1, 0.15) is 11.0 Å². The average molecular weight is 304 g/mol. The highest BCUT2D eigenvalue weighted by atomic mass is 35.5. The highest BCUT2D eigenvalue weighted by molar-refractivity contribution is 6.29. The van der Waals surface area contributed by atoms with Crippen LogP contribution >= 0.6 is 11.6 Å². The highest BCUT2D eigenvalue weighted by Crippen LogP contribution is 2.27. The zero-order valence-corrected chi connectivity index (χ0v) is 12.7. The van der Waals surface area contributed by atoms with E-state index >= 15 is 0 Å². The molecule has 0 aliphatic heterocycles. The molecule has 1 fully saturated rings. The first kappa shape index (κ1) is 14.3. The molecule has 0 unspecified atom stereocenters. The van der Waals surface area contributed by atoms with Crippen LogP contribution < -0.4 is 5.32 Å². The quantitative estimate of drug-likeness (QED) is 0.854. The monoisotopic (exact) mass is 303 g/mol. The van der Waals surface area contributed by atoms with Crippen molar-refractivity contribution in [1.29, 1.82) is 0 Å². The number of anilines is 1. The standard InChI is InChI=1S/C16H18ClN3O/c1-2-21-13-8-12(9-13)18-15-10-14(17)19-16(20-15)11-6-4-3-5-7-11/h3-7,10,12-13H,2,8-9H2,1H3,(H,18,19,20). The Hall–Kier alpha value is -1.65. The number of rotatable bonds is 5. The van der Waals surface area contributed by atoms with Gasteiger partial charge in [0, 0.05) is 24.3 Å². The normalized spacial score (nSPS) is 20.9. The molecule has 1 heterocycles. The van der Waals surface area contributed by atoms with E-state index < -0.39 is 0 Å². The van der Waals surface area contributed by atoms with E-state index in [4.69, 9.17) is 16.3 Å². The summed E-state index contributed by atoms with van der Waals surface area (Å²) in [6.45, 7) is 2.80. The van der Waals surface area contributed by atoms with Gasteiger partial charge in [-0.2, -0.15) is 0 Å². The third-order valence-electron chi connectivity index (χ3n) is 3.58. The molecule has 0 amide bonds. The smallest absolute Gasteiger partial charge is 0.163 e. The second-order valence-corrected chi connectivity index (χ2v) is 5.54. The first-order valence-electron chi connectivity index (χ1n) is 7.22. The van der Waals surface area contributed by atoms with Crippen LogP contribution in [0.2, 0.25) is 5.15 Å². The molecular weight excluding hydrogens is 286 g/mol. The molecule has 1 aromatic carbocycles. The molecule has 110 valence electrons. The van der Waals surface area contributed by atoms with Crippen LogP contribution in [0.15, 0.2) is 36.4 Å². The van der Waals surface area contributed by atoms with Gasteiger partial charge in [-0.15, -0.1) is 0 Å². The Labute approximate surface area is 129 Å². The summed E-state index contributed by atoms with van der Waals surface area (Å²) in [6.07, 6.45) is 2.39. The molecule has 4 nitrogen and oxygen atoms in total. The van der Waals surface area contributed by atoms with Crippen molar-refractivity contribution in [2.45, 2.75) is 31.9 Å². The summed E-state index contributed by atoms with van der Waals surface area (Å²) in [4.78, 5) is 8.84. The van der Waals surface area contributed by atoms with Crippen LogP contribution in [0.5, 0.6) is 0 Å². The van der Waals surface area contributed by atoms with Gasteiger partial charge in [-0.1, -0.05) is 41.9 Å². The van der Waals surface area contributed by atoms with Gasteiger partial charge < -0.3 is 10.1 Å². The fourth-order valence-corrected chi connectivity index (χ4v) is 2.66. The summed E-state index contributed by atoms with van der Waals surface area (Å²) >= 11 is 6.11. The Balaban J connectivity index is 1.71. The third kappa shape index (κ3) is 3.52. The minimum Gasteiger partial charge on any atom is -0.378 e. The SMILES string of the molecule is CCOC1CC(Nc2cc(Cl)nc(-c3ccccc3)n2)C1. The van der Waals surface area contributed by atoms with E-state index in [1.54, 1.807) is 6.07 Å². The average Bonchev–Trinajstić information content (AvgIpc) is 2.45. The first-order chi connectivity index (χ1) is 10.2. The van der Waals surface area contributed by atoms with Gasteiger partial charge in [0.25, 0.3) is 0 Å².